The maximum absolute atomic E-state index is 13.5. The van der Waals surface area contributed by atoms with E-state index in [4.69, 9.17) is 0 Å². The van der Waals surface area contributed by atoms with E-state index in [1.165, 1.54) is 12.1 Å². The van der Waals surface area contributed by atoms with Gasteiger partial charge in [-0.3, -0.25) is 14.9 Å². The molecule has 2 aromatic rings. The highest BCUT2D eigenvalue weighted by atomic mass is 19.1. The fraction of sp³-hybridized carbons (Fsp3) is 0.133. The first kappa shape index (κ1) is 15.6. The molecule has 0 aliphatic carbocycles. The van der Waals surface area contributed by atoms with Gasteiger partial charge in [-0.1, -0.05) is 12.1 Å². The minimum absolute atomic E-state index is 0.0494. The third kappa shape index (κ3) is 4.08. The molecule has 0 atom stereocenters. The topological polar surface area (TPSA) is 72.2 Å². The summed E-state index contributed by atoms with van der Waals surface area (Å²) >= 11 is 0. The van der Waals surface area contributed by atoms with E-state index in [2.05, 4.69) is 5.32 Å². The predicted molar refractivity (Wildman–Crippen MR) is 76.4 cm³/mol. The summed E-state index contributed by atoms with van der Waals surface area (Å²) in [6.07, 6.45) is 0.399. The van der Waals surface area contributed by atoms with Crippen LogP contribution in [-0.2, 0) is 11.2 Å². The molecule has 0 unspecified atom stereocenters. The average Bonchev–Trinajstić information content (AvgIpc) is 2.48. The van der Waals surface area contributed by atoms with Gasteiger partial charge in [0.15, 0.2) is 0 Å². The van der Waals surface area contributed by atoms with E-state index in [0.717, 1.165) is 23.8 Å². The summed E-state index contributed by atoms with van der Waals surface area (Å²) in [6.45, 7) is 0. The maximum atomic E-state index is 13.5. The number of non-ortho nitro benzene ring substituents is 1. The summed E-state index contributed by atoms with van der Waals surface area (Å²) in [5.41, 5.74) is 0.213. The van der Waals surface area contributed by atoms with E-state index in [-0.39, 0.29) is 23.6 Å². The molecular weight excluding hydrogens is 294 g/mol. The number of carbonyl (C=O) groups is 1. The van der Waals surface area contributed by atoms with Gasteiger partial charge >= 0.3 is 0 Å². The van der Waals surface area contributed by atoms with Crippen molar-refractivity contribution in [1.82, 2.24) is 0 Å². The average molecular weight is 306 g/mol. The lowest BCUT2D eigenvalue weighted by Gasteiger charge is -2.06. The monoisotopic (exact) mass is 306 g/mol. The van der Waals surface area contributed by atoms with Crippen molar-refractivity contribution in [2.75, 3.05) is 5.32 Å². The molecule has 0 saturated heterocycles. The minimum Gasteiger partial charge on any atom is -0.323 e. The molecule has 1 amide bonds. The second kappa shape index (κ2) is 6.75. The Kier molecular flexibility index (Phi) is 4.77. The van der Waals surface area contributed by atoms with Gasteiger partial charge in [0.05, 0.1) is 10.6 Å². The van der Waals surface area contributed by atoms with Crippen LogP contribution in [0.25, 0.3) is 0 Å². The molecule has 114 valence electrons. The highest BCUT2D eigenvalue weighted by Crippen LogP contribution is 2.21. The number of nitrogens with one attached hydrogen (secondary N) is 1. The molecule has 2 aromatic carbocycles. The Morgan fingerprint density at radius 3 is 2.45 bits per heavy atom. The molecule has 0 spiro atoms. The highest BCUT2D eigenvalue weighted by molar-refractivity contribution is 5.91. The Morgan fingerprint density at radius 1 is 1.14 bits per heavy atom. The molecule has 2 rings (SSSR count). The second-order valence-corrected chi connectivity index (χ2v) is 4.60. The van der Waals surface area contributed by atoms with Gasteiger partial charge in [-0.2, -0.15) is 0 Å². The normalized spacial score (nSPS) is 10.3. The van der Waals surface area contributed by atoms with Crippen LogP contribution in [0.4, 0.5) is 20.2 Å². The fourth-order valence-electron chi connectivity index (χ4n) is 1.84. The predicted octanol–water partition coefficient (Wildman–Crippen LogP) is 3.44. The summed E-state index contributed by atoms with van der Waals surface area (Å²) in [6, 6.07) is 8.58. The molecule has 0 fully saturated rings. The molecule has 0 heterocycles. The van der Waals surface area contributed by atoms with E-state index >= 15 is 0 Å². The molecule has 0 bridgehead atoms. The molecule has 0 radical (unpaired) electrons. The van der Waals surface area contributed by atoms with Gasteiger partial charge in [0.1, 0.15) is 11.6 Å². The molecule has 22 heavy (non-hydrogen) atoms. The molecule has 0 aliphatic rings. The number of hydrogen-bond donors (Lipinski definition) is 1. The molecule has 5 nitrogen and oxygen atoms in total. The zero-order valence-electron chi connectivity index (χ0n) is 11.4. The number of nitro groups is 1. The van der Waals surface area contributed by atoms with Gasteiger partial charge in [-0.15, -0.1) is 0 Å². The number of nitrogens with zero attached hydrogens (tertiary/aromatic N) is 1. The largest absolute Gasteiger partial charge is 0.323 e. The number of rotatable bonds is 5. The van der Waals surface area contributed by atoms with Gasteiger partial charge in [0.25, 0.3) is 5.69 Å². The molecular formula is C15H12F2N2O3. The van der Waals surface area contributed by atoms with Gasteiger partial charge in [0.2, 0.25) is 5.91 Å². The van der Waals surface area contributed by atoms with Crippen LogP contribution in [0, 0.1) is 21.7 Å². The Morgan fingerprint density at radius 2 is 1.82 bits per heavy atom. The Bertz CT molecular complexity index is 702. The van der Waals surface area contributed by atoms with Crippen LogP contribution in [0.15, 0.2) is 42.5 Å². The number of nitro benzene ring substituents is 1. The first-order chi connectivity index (χ1) is 10.5. The van der Waals surface area contributed by atoms with Crippen molar-refractivity contribution in [3.63, 3.8) is 0 Å². The van der Waals surface area contributed by atoms with Gasteiger partial charge in [-0.05, 0) is 30.2 Å². The van der Waals surface area contributed by atoms with E-state index < -0.39 is 16.6 Å². The van der Waals surface area contributed by atoms with Crippen LogP contribution in [-0.4, -0.2) is 10.8 Å². The molecule has 1 N–H and O–H groups in total. The summed E-state index contributed by atoms with van der Waals surface area (Å²) in [5.74, 6) is -1.60. The summed E-state index contributed by atoms with van der Waals surface area (Å²) < 4.78 is 26.3. The van der Waals surface area contributed by atoms with Gasteiger partial charge < -0.3 is 5.32 Å². The highest BCUT2D eigenvalue weighted by Gasteiger charge is 2.13. The maximum Gasteiger partial charge on any atom is 0.271 e. The number of hydrogen-bond acceptors (Lipinski definition) is 3. The Balaban J connectivity index is 1.98. The zero-order valence-corrected chi connectivity index (χ0v) is 11.4. The number of halogens is 2. The van der Waals surface area contributed by atoms with Crippen LogP contribution < -0.4 is 5.32 Å². The van der Waals surface area contributed by atoms with Crippen LogP contribution in [0.1, 0.15) is 12.0 Å². The quantitative estimate of drug-likeness (QED) is 0.679. The number of anilines is 1. The number of benzene rings is 2. The lowest BCUT2D eigenvalue weighted by Crippen LogP contribution is -2.13. The first-order valence-electron chi connectivity index (χ1n) is 6.44. The SMILES string of the molecule is O=C(CCc1ccc(F)cc1)Nc1cc([N+](=O)[O-])ccc1F. The number of aryl methyl sites for hydroxylation is 1. The van der Waals surface area contributed by atoms with Gasteiger partial charge in [-0.25, -0.2) is 8.78 Å². The third-order valence-corrected chi connectivity index (χ3v) is 2.99. The van der Waals surface area contributed by atoms with Crippen molar-refractivity contribution in [3.05, 3.63) is 69.8 Å². The van der Waals surface area contributed by atoms with Crippen molar-refractivity contribution in [3.8, 4) is 0 Å². The Labute approximate surface area is 124 Å². The second-order valence-electron chi connectivity index (χ2n) is 4.60. The van der Waals surface area contributed by atoms with Crippen molar-refractivity contribution < 1.29 is 18.5 Å². The van der Waals surface area contributed by atoms with Crippen molar-refractivity contribution in [2.24, 2.45) is 0 Å². The summed E-state index contributed by atoms with van der Waals surface area (Å²) in [7, 11) is 0. The molecule has 0 aliphatic heterocycles. The van der Waals surface area contributed by atoms with Crippen molar-refractivity contribution in [2.45, 2.75) is 12.8 Å². The molecule has 0 aromatic heterocycles. The van der Waals surface area contributed by atoms with Crippen LogP contribution >= 0.6 is 0 Å². The smallest absolute Gasteiger partial charge is 0.271 e. The van der Waals surface area contributed by atoms with Gasteiger partial charge in [0, 0.05) is 18.6 Å². The first-order valence-corrected chi connectivity index (χ1v) is 6.44. The van der Waals surface area contributed by atoms with E-state index in [1.54, 1.807) is 12.1 Å². The summed E-state index contributed by atoms with van der Waals surface area (Å²) in [5, 5.41) is 12.9. The summed E-state index contributed by atoms with van der Waals surface area (Å²) in [4.78, 5) is 21.7. The van der Waals surface area contributed by atoms with Crippen molar-refractivity contribution >= 4 is 17.3 Å². The van der Waals surface area contributed by atoms with Crippen LogP contribution in [0.5, 0.6) is 0 Å². The lowest BCUT2D eigenvalue weighted by molar-refractivity contribution is -0.384. The third-order valence-electron chi connectivity index (χ3n) is 2.99. The van der Waals surface area contributed by atoms with Crippen LogP contribution in [0.3, 0.4) is 0 Å². The fourth-order valence-corrected chi connectivity index (χ4v) is 1.84. The number of carbonyl (C=O) groups excluding carboxylic acids is 1. The van der Waals surface area contributed by atoms with Crippen LogP contribution in [0.2, 0.25) is 0 Å². The van der Waals surface area contributed by atoms with E-state index in [0.29, 0.717) is 6.42 Å². The molecule has 7 heteroatoms. The van der Waals surface area contributed by atoms with E-state index in [9.17, 15) is 23.7 Å². The standard InChI is InChI=1S/C15H12F2N2O3/c16-11-4-1-10(2-5-11)3-8-15(20)18-14-9-12(19(21)22)6-7-13(14)17/h1-2,4-7,9H,3,8H2,(H,18,20). The minimum atomic E-state index is -0.749. The zero-order chi connectivity index (χ0) is 16.1. The van der Waals surface area contributed by atoms with Crippen molar-refractivity contribution in [1.29, 1.82) is 0 Å². The molecule has 0 saturated carbocycles. The lowest BCUT2D eigenvalue weighted by atomic mass is 10.1. The number of amides is 1. The Hall–Kier alpha value is -2.83. The van der Waals surface area contributed by atoms with E-state index in [1.807, 2.05) is 0 Å².